The van der Waals surface area contributed by atoms with E-state index in [4.69, 9.17) is 5.73 Å². The topological polar surface area (TPSA) is 72.2 Å². The summed E-state index contributed by atoms with van der Waals surface area (Å²) in [5, 5.41) is 0. The third-order valence-corrected chi connectivity index (χ3v) is 4.92. The van der Waals surface area contributed by atoms with Crippen LogP contribution in [0, 0.1) is 0 Å². The zero-order chi connectivity index (χ0) is 14.8. The Morgan fingerprint density at radius 2 is 1.80 bits per heavy atom. The standard InChI is InChI=1S/C14H15BrN2O2S/c1-10(11-3-2-4-12(15)9-11)17-20(18,19)14-7-5-13(16)6-8-14/h2-10,17H,16H2,1H3. The van der Waals surface area contributed by atoms with Crippen molar-refractivity contribution in [2.45, 2.75) is 17.9 Å². The maximum Gasteiger partial charge on any atom is 0.241 e. The number of hydrogen-bond donors (Lipinski definition) is 2. The Morgan fingerprint density at radius 3 is 2.40 bits per heavy atom. The van der Waals surface area contributed by atoms with Crippen LogP contribution in [0.1, 0.15) is 18.5 Å². The third kappa shape index (κ3) is 3.59. The molecule has 0 fully saturated rings. The first kappa shape index (κ1) is 15.0. The maximum atomic E-state index is 12.2. The molecule has 1 unspecified atom stereocenters. The van der Waals surface area contributed by atoms with Gasteiger partial charge in [-0.25, -0.2) is 13.1 Å². The van der Waals surface area contributed by atoms with Crippen LogP contribution < -0.4 is 10.5 Å². The maximum absolute atomic E-state index is 12.2. The molecular weight excluding hydrogens is 340 g/mol. The lowest BCUT2D eigenvalue weighted by Gasteiger charge is -2.15. The highest BCUT2D eigenvalue weighted by atomic mass is 79.9. The molecule has 0 heterocycles. The number of benzene rings is 2. The van der Waals surface area contributed by atoms with Crippen molar-refractivity contribution in [3.8, 4) is 0 Å². The summed E-state index contributed by atoms with van der Waals surface area (Å²) in [5.74, 6) is 0. The summed E-state index contributed by atoms with van der Waals surface area (Å²) in [6.45, 7) is 1.80. The predicted molar refractivity (Wildman–Crippen MR) is 83.7 cm³/mol. The molecule has 2 rings (SSSR count). The SMILES string of the molecule is CC(NS(=O)(=O)c1ccc(N)cc1)c1cccc(Br)c1. The average Bonchev–Trinajstić information content (AvgIpc) is 2.38. The highest BCUT2D eigenvalue weighted by Gasteiger charge is 2.18. The molecule has 0 aliphatic rings. The lowest BCUT2D eigenvalue weighted by molar-refractivity contribution is 0.567. The fraction of sp³-hybridized carbons (Fsp3) is 0.143. The molecule has 0 aromatic heterocycles. The van der Waals surface area contributed by atoms with E-state index in [1.54, 1.807) is 19.1 Å². The van der Waals surface area contributed by atoms with Crippen LogP contribution in [0.15, 0.2) is 57.9 Å². The quantitative estimate of drug-likeness (QED) is 0.828. The summed E-state index contributed by atoms with van der Waals surface area (Å²) >= 11 is 3.37. The molecule has 0 saturated carbocycles. The zero-order valence-electron chi connectivity index (χ0n) is 10.9. The van der Waals surface area contributed by atoms with Gasteiger partial charge in [-0.1, -0.05) is 28.1 Å². The molecule has 0 aliphatic carbocycles. The van der Waals surface area contributed by atoms with Crippen LogP contribution in [0.5, 0.6) is 0 Å². The molecule has 20 heavy (non-hydrogen) atoms. The molecule has 0 amide bonds. The van der Waals surface area contributed by atoms with Gasteiger partial charge in [-0.15, -0.1) is 0 Å². The van der Waals surface area contributed by atoms with Crippen molar-refractivity contribution in [1.29, 1.82) is 0 Å². The van der Waals surface area contributed by atoms with Gasteiger partial charge in [-0.05, 0) is 48.9 Å². The molecule has 2 aromatic rings. The molecule has 4 nitrogen and oxygen atoms in total. The van der Waals surface area contributed by atoms with Gasteiger partial charge in [0.25, 0.3) is 0 Å². The van der Waals surface area contributed by atoms with Crippen LogP contribution in [0.2, 0.25) is 0 Å². The largest absolute Gasteiger partial charge is 0.399 e. The first-order valence-corrected chi connectivity index (χ1v) is 8.29. The van der Waals surface area contributed by atoms with Crippen molar-refractivity contribution >= 4 is 31.6 Å². The Bertz CT molecular complexity index is 699. The van der Waals surface area contributed by atoms with Gasteiger partial charge in [0.15, 0.2) is 0 Å². The fourth-order valence-electron chi connectivity index (χ4n) is 1.79. The molecule has 0 bridgehead atoms. The number of halogens is 1. The van der Waals surface area contributed by atoms with Gasteiger partial charge in [0, 0.05) is 16.2 Å². The molecule has 0 radical (unpaired) electrons. The first-order valence-electron chi connectivity index (χ1n) is 6.02. The van der Waals surface area contributed by atoms with E-state index in [1.807, 2.05) is 24.3 Å². The van der Waals surface area contributed by atoms with Gasteiger partial charge < -0.3 is 5.73 Å². The van der Waals surface area contributed by atoms with Crippen molar-refractivity contribution in [3.63, 3.8) is 0 Å². The van der Waals surface area contributed by atoms with E-state index in [-0.39, 0.29) is 10.9 Å². The molecule has 1 atom stereocenters. The number of nitrogens with two attached hydrogens (primary N) is 1. The Balaban J connectivity index is 2.22. The van der Waals surface area contributed by atoms with E-state index in [2.05, 4.69) is 20.7 Å². The van der Waals surface area contributed by atoms with Gasteiger partial charge in [-0.3, -0.25) is 0 Å². The predicted octanol–water partition coefficient (Wildman–Crippen LogP) is 3.07. The Labute approximate surface area is 127 Å². The molecule has 0 spiro atoms. The Morgan fingerprint density at radius 1 is 1.15 bits per heavy atom. The lowest BCUT2D eigenvalue weighted by Crippen LogP contribution is -2.26. The Kier molecular flexibility index (Phi) is 4.47. The third-order valence-electron chi connectivity index (χ3n) is 2.87. The molecule has 2 aromatic carbocycles. The number of rotatable bonds is 4. The van der Waals surface area contributed by atoms with Gasteiger partial charge in [-0.2, -0.15) is 0 Å². The summed E-state index contributed by atoms with van der Waals surface area (Å²) in [6.07, 6.45) is 0. The number of hydrogen-bond acceptors (Lipinski definition) is 3. The average molecular weight is 355 g/mol. The van der Waals surface area contributed by atoms with E-state index in [0.717, 1.165) is 10.0 Å². The van der Waals surface area contributed by atoms with Gasteiger partial charge in [0.05, 0.1) is 4.90 Å². The highest BCUT2D eigenvalue weighted by molar-refractivity contribution is 9.10. The first-order chi connectivity index (χ1) is 9.38. The molecule has 106 valence electrons. The van der Waals surface area contributed by atoms with E-state index in [0.29, 0.717) is 5.69 Å². The monoisotopic (exact) mass is 354 g/mol. The summed E-state index contributed by atoms with van der Waals surface area (Å²) in [7, 11) is -3.56. The fourth-order valence-corrected chi connectivity index (χ4v) is 3.44. The van der Waals surface area contributed by atoms with Crippen molar-refractivity contribution < 1.29 is 8.42 Å². The van der Waals surface area contributed by atoms with E-state index >= 15 is 0 Å². The summed E-state index contributed by atoms with van der Waals surface area (Å²) < 4.78 is 28.1. The second kappa shape index (κ2) is 5.95. The molecule has 6 heteroatoms. The summed E-state index contributed by atoms with van der Waals surface area (Å²) in [4.78, 5) is 0.202. The molecule has 3 N–H and O–H groups in total. The molecule has 0 aliphatic heterocycles. The van der Waals surface area contributed by atoms with Crippen LogP contribution in [0.3, 0.4) is 0 Å². The second-order valence-corrected chi connectivity index (χ2v) is 7.10. The van der Waals surface area contributed by atoms with Crippen molar-refractivity contribution in [1.82, 2.24) is 4.72 Å². The van der Waals surface area contributed by atoms with Crippen molar-refractivity contribution in [2.24, 2.45) is 0 Å². The number of nitrogen functional groups attached to an aromatic ring is 1. The minimum absolute atomic E-state index is 0.202. The highest BCUT2D eigenvalue weighted by Crippen LogP contribution is 2.20. The van der Waals surface area contributed by atoms with Gasteiger partial charge in [0.1, 0.15) is 0 Å². The van der Waals surface area contributed by atoms with Crippen LogP contribution >= 0.6 is 15.9 Å². The van der Waals surface area contributed by atoms with Crippen molar-refractivity contribution in [2.75, 3.05) is 5.73 Å². The molecule has 0 saturated heterocycles. The second-order valence-electron chi connectivity index (χ2n) is 4.47. The van der Waals surface area contributed by atoms with Crippen LogP contribution in [0.25, 0.3) is 0 Å². The smallest absolute Gasteiger partial charge is 0.241 e. The zero-order valence-corrected chi connectivity index (χ0v) is 13.3. The number of nitrogens with one attached hydrogen (secondary N) is 1. The number of sulfonamides is 1. The Hall–Kier alpha value is -1.37. The lowest BCUT2D eigenvalue weighted by atomic mass is 10.1. The van der Waals surface area contributed by atoms with Crippen molar-refractivity contribution in [3.05, 3.63) is 58.6 Å². The van der Waals surface area contributed by atoms with Crippen LogP contribution in [-0.4, -0.2) is 8.42 Å². The minimum Gasteiger partial charge on any atom is -0.399 e. The van der Waals surface area contributed by atoms with E-state index in [1.165, 1.54) is 12.1 Å². The number of anilines is 1. The molecular formula is C14H15BrN2O2S. The summed E-state index contributed by atoms with van der Waals surface area (Å²) in [5.41, 5.74) is 6.98. The van der Waals surface area contributed by atoms with Gasteiger partial charge >= 0.3 is 0 Å². The van der Waals surface area contributed by atoms with Crippen LogP contribution in [0.4, 0.5) is 5.69 Å². The minimum atomic E-state index is -3.56. The van der Waals surface area contributed by atoms with E-state index < -0.39 is 10.0 Å². The summed E-state index contributed by atoms with van der Waals surface area (Å²) in [6, 6.07) is 13.3. The van der Waals surface area contributed by atoms with Gasteiger partial charge in [0.2, 0.25) is 10.0 Å². The van der Waals surface area contributed by atoms with Crippen LogP contribution in [-0.2, 0) is 10.0 Å². The normalized spacial score (nSPS) is 13.1. The van der Waals surface area contributed by atoms with E-state index in [9.17, 15) is 8.42 Å².